The first-order valence-electron chi connectivity index (χ1n) is 6.04. The van der Waals surface area contributed by atoms with Crippen LogP contribution in [0.4, 0.5) is 26.3 Å². The van der Waals surface area contributed by atoms with E-state index in [9.17, 15) is 31.1 Å². The summed E-state index contributed by atoms with van der Waals surface area (Å²) in [6.07, 6.45) is -10.9. The van der Waals surface area contributed by atoms with Crippen LogP contribution in [0, 0.1) is 0 Å². The van der Waals surface area contributed by atoms with E-state index in [1.165, 1.54) is 6.92 Å². The maximum atomic E-state index is 13.1. The Morgan fingerprint density at radius 1 is 1.26 bits per heavy atom. The Bertz CT molecular complexity index is 573. The third kappa shape index (κ3) is 5.45. The SMILES string of the molecule is CCOC(=O)Cc1ncc(CCl)c(C(F)(F)F)c1OC(F)(F)F. The molecule has 0 aliphatic heterocycles. The van der Waals surface area contributed by atoms with Gasteiger partial charge in [-0.15, -0.1) is 24.8 Å². The van der Waals surface area contributed by atoms with Gasteiger partial charge in [0, 0.05) is 17.6 Å². The smallest absolute Gasteiger partial charge is 0.466 e. The van der Waals surface area contributed by atoms with Gasteiger partial charge < -0.3 is 9.47 Å². The molecule has 0 unspecified atom stereocenters. The highest BCUT2D eigenvalue weighted by atomic mass is 35.5. The molecule has 0 aliphatic rings. The van der Waals surface area contributed by atoms with E-state index in [-0.39, 0.29) is 6.61 Å². The second-order valence-corrected chi connectivity index (χ2v) is 4.36. The Labute approximate surface area is 131 Å². The lowest BCUT2D eigenvalue weighted by Gasteiger charge is -2.20. The molecule has 11 heteroatoms. The first-order chi connectivity index (χ1) is 10.5. The molecule has 0 radical (unpaired) electrons. The molecule has 0 bridgehead atoms. The van der Waals surface area contributed by atoms with E-state index in [1.54, 1.807) is 0 Å². The van der Waals surface area contributed by atoms with Crippen molar-refractivity contribution >= 4 is 17.6 Å². The summed E-state index contributed by atoms with van der Waals surface area (Å²) in [5, 5.41) is 0. The molecule has 130 valence electrons. The van der Waals surface area contributed by atoms with Gasteiger partial charge in [0.25, 0.3) is 0 Å². The Morgan fingerprint density at radius 3 is 2.30 bits per heavy atom. The quantitative estimate of drug-likeness (QED) is 0.452. The number of ether oxygens (including phenoxy) is 2. The summed E-state index contributed by atoms with van der Waals surface area (Å²) in [6.45, 7) is 1.33. The van der Waals surface area contributed by atoms with Crippen LogP contribution in [0.2, 0.25) is 0 Å². The van der Waals surface area contributed by atoms with Crippen LogP contribution < -0.4 is 4.74 Å². The monoisotopic (exact) mass is 365 g/mol. The maximum absolute atomic E-state index is 13.1. The molecule has 1 heterocycles. The number of pyridine rings is 1. The topological polar surface area (TPSA) is 48.4 Å². The Hall–Kier alpha value is -1.71. The maximum Gasteiger partial charge on any atom is 0.573 e. The molecule has 4 nitrogen and oxygen atoms in total. The Morgan fingerprint density at radius 2 is 1.87 bits per heavy atom. The van der Waals surface area contributed by atoms with Crippen molar-refractivity contribution in [1.29, 1.82) is 0 Å². The number of hydrogen-bond acceptors (Lipinski definition) is 4. The molecule has 1 aromatic rings. The van der Waals surface area contributed by atoms with Crippen LogP contribution in [0.15, 0.2) is 6.20 Å². The van der Waals surface area contributed by atoms with Gasteiger partial charge in [-0.05, 0) is 6.92 Å². The van der Waals surface area contributed by atoms with E-state index < -0.39 is 53.4 Å². The average Bonchev–Trinajstić information content (AvgIpc) is 2.37. The molecule has 0 amide bonds. The fourth-order valence-corrected chi connectivity index (χ4v) is 1.88. The minimum absolute atomic E-state index is 0.0970. The second kappa shape index (κ2) is 7.24. The first kappa shape index (κ1) is 19.3. The zero-order chi connectivity index (χ0) is 17.8. The predicted molar refractivity (Wildman–Crippen MR) is 65.8 cm³/mol. The fraction of sp³-hybridized carbons (Fsp3) is 0.500. The summed E-state index contributed by atoms with van der Waals surface area (Å²) in [5.41, 5.74) is -3.27. The van der Waals surface area contributed by atoms with Crippen LogP contribution in [0.25, 0.3) is 0 Å². The van der Waals surface area contributed by atoms with Crippen LogP contribution in [0.3, 0.4) is 0 Å². The van der Waals surface area contributed by atoms with Crippen molar-refractivity contribution in [1.82, 2.24) is 4.98 Å². The van der Waals surface area contributed by atoms with Crippen LogP contribution >= 0.6 is 11.6 Å². The molecule has 0 aromatic carbocycles. The highest BCUT2D eigenvalue weighted by Gasteiger charge is 2.43. The number of halogens is 7. The zero-order valence-electron chi connectivity index (χ0n) is 11.5. The van der Waals surface area contributed by atoms with Gasteiger partial charge in [0.05, 0.1) is 18.7 Å². The van der Waals surface area contributed by atoms with Gasteiger partial charge in [0.1, 0.15) is 5.56 Å². The summed E-state index contributed by atoms with van der Waals surface area (Å²) >= 11 is 5.32. The molecule has 0 saturated heterocycles. The number of esters is 1. The third-order valence-corrected chi connectivity index (χ3v) is 2.74. The molecule has 0 N–H and O–H groups in total. The molecule has 0 spiro atoms. The predicted octanol–water partition coefficient (Wildman–Crippen LogP) is 3.84. The van der Waals surface area contributed by atoms with E-state index in [1.807, 2.05) is 0 Å². The van der Waals surface area contributed by atoms with Crippen molar-refractivity contribution in [2.45, 2.75) is 31.8 Å². The highest BCUT2D eigenvalue weighted by molar-refractivity contribution is 6.17. The number of rotatable bonds is 5. The Kier molecular flexibility index (Phi) is 6.09. The van der Waals surface area contributed by atoms with Crippen molar-refractivity contribution < 1.29 is 40.6 Å². The zero-order valence-corrected chi connectivity index (χ0v) is 12.3. The number of alkyl halides is 7. The van der Waals surface area contributed by atoms with E-state index in [0.29, 0.717) is 6.20 Å². The fourth-order valence-electron chi connectivity index (χ4n) is 1.68. The third-order valence-electron chi connectivity index (χ3n) is 2.45. The van der Waals surface area contributed by atoms with Crippen molar-refractivity contribution in [3.05, 3.63) is 23.0 Å². The van der Waals surface area contributed by atoms with Crippen LogP contribution in [-0.2, 0) is 28.0 Å². The van der Waals surface area contributed by atoms with Crippen LogP contribution in [0.5, 0.6) is 5.75 Å². The van der Waals surface area contributed by atoms with Gasteiger partial charge in [-0.25, -0.2) is 0 Å². The lowest BCUT2D eigenvalue weighted by Crippen LogP contribution is -2.24. The lowest BCUT2D eigenvalue weighted by molar-refractivity contribution is -0.276. The number of aromatic nitrogens is 1. The molecular weight excluding hydrogens is 356 g/mol. The normalized spacial score (nSPS) is 12.2. The Balaban J connectivity index is 3.48. The summed E-state index contributed by atoms with van der Waals surface area (Å²) in [7, 11) is 0. The average molecular weight is 366 g/mol. The molecule has 0 aliphatic carbocycles. The van der Waals surface area contributed by atoms with Crippen LogP contribution in [-0.4, -0.2) is 23.9 Å². The molecule has 0 fully saturated rings. The van der Waals surface area contributed by atoms with Gasteiger partial charge in [-0.2, -0.15) is 13.2 Å². The first-order valence-corrected chi connectivity index (χ1v) is 6.58. The molecule has 1 rings (SSSR count). The number of hydrogen-bond donors (Lipinski definition) is 0. The molecule has 23 heavy (non-hydrogen) atoms. The van der Waals surface area contributed by atoms with Gasteiger partial charge in [0.15, 0.2) is 5.75 Å². The molecular formula is C12H10ClF6NO3. The summed E-state index contributed by atoms with van der Waals surface area (Å²) in [5.74, 6) is -3.38. The molecule has 0 saturated carbocycles. The second-order valence-electron chi connectivity index (χ2n) is 4.10. The van der Waals surface area contributed by atoms with Crippen molar-refractivity contribution in [2.75, 3.05) is 6.61 Å². The van der Waals surface area contributed by atoms with Gasteiger partial charge in [-0.3, -0.25) is 9.78 Å². The van der Waals surface area contributed by atoms with Crippen molar-refractivity contribution in [2.24, 2.45) is 0 Å². The molecule has 0 atom stereocenters. The van der Waals surface area contributed by atoms with Gasteiger partial charge in [0.2, 0.25) is 0 Å². The largest absolute Gasteiger partial charge is 0.573 e. The van der Waals surface area contributed by atoms with Crippen molar-refractivity contribution in [3.8, 4) is 5.75 Å². The minimum Gasteiger partial charge on any atom is -0.466 e. The number of nitrogens with zero attached hydrogens (tertiary/aromatic N) is 1. The van der Waals surface area contributed by atoms with E-state index in [2.05, 4.69) is 14.5 Å². The minimum atomic E-state index is -5.41. The summed E-state index contributed by atoms with van der Waals surface area (Å²) in [6, 6.07) is 0. The molecule has 1 aromatic heterocycles. The number of carbonyl (C=O) groups excluding carboxylic acids is 1. The van der Waals surface area contributed by atoms with Crippen LogP contribution in [0.1, 0.15) is 23.7 Å². The van der Waals surface area contributed by atoms with E-state index >= 15 is 0 Å². The van der Waals surface area contributed by atoms with E-state index in [4.69, 9.17) is 11.6 Å². The lowest BCUT2D eigenvalue weighted by atomic mass is 10.1. The van der Waals surface area contributed by atoms with Crippen molar-refractivity contribution in [3.63, 3.8) is 0 Å². The summed E-state index contributed by atoms with van der Waals surface area (Å²) < 4.78 is 84.5. The van der Waals surface area contributed by atoms with E-state index in [0.717, 1.165) is 0 Å². The highest BCUT2D eigenvalue weighted by Crippen LogP contribution is 2.42. The van der Waals surface area contributed by atoms with Gasteiger partial charge >= 0.3 is 18.5 Å². The summed E-state index contributed by atoms with van der Waals surface area (Å²) in [4.78, 5) is 14.8. The number of carbonyl (C=O) groups is 1. The van der Waals surface area contributed by atoms with Gasteiger partial charge in [-0.1, -0.05) is 0 Å². The standard InChI is InChI=1S/C12H10ClF6NO3/c1-2-22-8(21)3-7-10(23-12(17,18)19)9(11(14,15)16)6(4-13)5-20-7/h5H,2-4H2,1H3.